The average molecular weight is 261 g/mol. The molecular weight excluding hydrogens is 238 g/mol. The number of carbonyl (C=O) groups excluding carboxylic acids is 1. The van der Waals surface area contributed by atoms with Crippen LogP contribution in [0.3, 0.4) is 0 Å². The Morgan fingerprint density at radius 2 is 1.95 bits per heavy atom. The standard InChI is InChI=1S/C15H23N3O/c1-15(2)14(19)17(3)7-8-18(15)11-13-6-4-5-12(9-13)10-16/h4-6,9H,7-8,10-11,16H2,1-3H3. The highest BCUT2D eigenvalue weighted by atomic mass is 16.2. The van der Waals surface area contributed by atoms with Crippen LogP contribution in [0.1, 0.15) is 25.0 Å². The molecule has 0 spiro atoms. The van der Waals surface area contributed by atoms with E-state index in [0.717, 1.165) is 25.2 Å². The Morgan fingerprint density at radius 1 is 1.26 bits per heavy atom. The molecule has 2 N–H and O–H groups in total. The van der Waals surface area contributed by atoms with Gasteiger partial charge in [-0.05, 0) is 25.0 Å². The molecule has 1 aliphatic heterocycles. The molecule has 0 radical (unpaired) electrons. The summed E-state index contributed by atoms with van der Waals surface area (Å²) in [5, 5.41) is 0. The van der Waals surface area contributed by atoms with Gasteiger partial charge in [0.25, 0.3) is 0 Å². The smallest absolute Gasteiger partial charge is 0.242 e. The molecule has 0 aliphatic carbocycles. The fourth-order valence-corrected chi connectivity index (χ4v) is 2.61. The molecule has 1 aliphatic rings. The summed E-state index contributed by atoms with van der Waals surface area (Å²) in [6, 6.07) is 8.28. The van der Waals surface area contributed by atoms with Crippen molar-refractivity contribution in [2.45, 2.75) is 32.5 Å². The maximum Gasteiger partial charge on any atom is 0.242 e. The van der Waals surface area contributed by atoms with E-state index in [1.807, 2.05) is 37.9 Å². The van der Waals surface area contributed by atoms with Crippen LogP contribution in [0.15, 0.2) is 24.3 Å². The van der Waals surface area contributed by atoms with E-state index in [9.17, 15) is 4.79 Å². The molecule has 2 rings (SSSR count). The van der Waals surface area contributed by atoms with Crippen molar-refractivity contribution in [3.8, 4) is 0 Å². The van der Waals surface area contributed by atoms with Gasteiger partial charge in [-0.25, -0.2) is 0 Å². The minimum Gasteiger partial charge on any atom is -0.343 e. The molecule has 104 valence electrons. The summed E-state index contributed by atoms with van der Waals surface area (Å²) in [4.78, 5) is 16.3. The quantitative estimate of drug-likeness (QED) is 0.889. The second kappa shape index (κ2) is 5.31. The van der Waals surface area contributed by atoms with Crippen LogP contribution in [0, 0.1) is 0 Å². The summed E-state index contributed by atoms with van der Waals surface area (Å²) in [6.07, 6.45) is 0. The Labute approximate surface area is 115 Å². The molecule has 4 heteroatoms. The SMILES string of the molecule is CN1CCN(Cc2cccc(CN)c2)C(C)(C)C1=O. The average Bonchev–Trinajstić information content (AvgIpc) is 2.40. The summed E-state index contributed by atoms with van der Waals surface area (Å²) in [7, 11) is 1.87. The zero-order valence-corrected chi connectivity index (χ0v) is 12.0. The largest absolute Gasteiger partial charge is 0.343 e. The van der Waals surface area contributed by atoms with Crippen LogP contribution in [-0.2, 0) is 17.9 Å². The summed E-state index contributed by atoms with van der Waals surface area (Å²) < 4.78 is 0. The fraction of sp³-hybridized carbons (Fsp3) is 0.533. The highest BCUT2D eigenvalue weighted by Gasteiger charge is 2.40. The molecule has 1 aromatic rings. The Kier molecular flexibility index (Phi) is 3.92. The second-order valence-electron chi connectivity index (χ2n) is 5.73. The molecule has 4 nitrogen and oxygen atoms in total. The van der Waals surface area contributed by atoms with E-state index in [-0.39, 0.29) is 5.91 Å². The van der Waals surface area contributed by atoms with E-state index in [4.69, 9.17) is 5.73 Å². The van der Waals surface area contributed by atoms with E-state index < -0.39 is 5.54 Å². The predicted molar refractivity (Wildman–Crippen MR) is 76.5 cm³/mol. The van der Waals surface area contributed by atoms with E-state index in [0.29, 0.717) is 6.54 Å². The minimum absolute atomic E-state index is 0.189. The summed E-state index contributed by atoms with van der Waals surface area (Å²) in [5.74, 6) is 0.189. The molecule has 1 amide bonds. The van der Waals surface area contributed by atoms with Gasteiger partial charge in [0.1, 0.15) is 0 Å². The maximum atomic E-state index is 12.2. The first kappa shape index (κ1) is 14.0. The van der Waals surface area contributed by atoms with Crippen molar-refractivity contribution < 1.29 is 4.79 Å². The summed E-state index contributed by atoms with van der Waals surface area (Å²) in [6.45, 7) is 7.04. The lowest BCUT2D eigenvalue weighted by atomic mass is 9.96. The number of carbonyl (C=O) groups is 1. The Bertz CT molecular complexity index is 470. The molecule has 1 fully saturated rings. The van der Waals surface area contributed by atoms with Crippen molar-refractivity contribution in [3.05, 3.63) is 35.4 Å². The molecule has 0 atom stereocenters. The van der Waals surface area contributed by atoms with Crippen molar-refractivity contribution in [1.82, 2.24) is 9.80 Å². The van der Waals surface area contributed by atoms with Crippen molar-refractivity contribution in [1.29, 1.82) is 0 Å². The van der Waals surface area contributed by atoms with Gasteiger partial charge in [-0.3, -0.25) is 9.69 Å². The number of benzene rings is 1. The first-order valence-electron chi connectivity index (χ1n) is 6.73. The van der Waals surface area contributed by atoms with Gasteiger partial charge in [0.2, 0.25) is 5.91 Å². The van der Waals surface area contributed by atoms with Gasteiger partial charge in [0.15, 0.2) is 0 Å². The summed E-state index contributed by atoms with van der Waals surface area (Å²) in [5.41, 5.74) is 7.58. The number of hydrogen-bond donors (Lipinski definition) is 1. The Balaban J connectivity index is 2.16. The third-order valence-corrected chi connectivity index (χ3v) is 3.97. The van der Waals surface area contributed by atoms with E-state index >= 15 is 0 Å². The lowest BCUT2D eigenvalue weighted by molar-refractivity contribution is -0.147. The van der Waals surface area contributed by atoms with Gasteiger partial charge in [0, 0.05) is 33.2 Å². The van der Waals surface area contributed by atoms with Crippen LogP contribution in [0.2, 0.25) is 0 Å². The second-order valence-corrected chi connectivity index (χ2v) is 5.73. The first-order chi connectivity index (χ1) is 8.95. The molecule has 1 heterocycles. The minimum atomic E-state index is -0.439. The number of likely N-dealkylation sites (N-methyl/N-ethyl adjacent to an activating group) is 1. The lowest BCUT2D eigenvalue weighted by Gasteiger charge is -2.44. The molecule has 0 saturated carbocycles. The molecular formula is C15H23N3O. The van der Waals surface area contributed by atoms with Crippen LogP contribution in [0.4, 0.5) is 0 Å². The van der Waals surface area contributed by atoms with Crippen LogP contribution in [-0.4, -0.2) is 41.4 Å². The topological polar surface area (TPSA) is 49.6 Å². The molecule has 0 bridgehead atoms. The normalized spacial score (nSPS) is 19.8. The third-order valence-electron chi connectivity index (χ3n) is 3.97. The fourth-order valence-electron chi connectivity index (χ4n) is 2.61. The third kappa shape index (κ3) is 2.80. The molecule has 0 unspecified atom stereocenters. The number of nitrogens with two attached hydrogens (primary N) is 1. The van der Waals surface area contributed by atoms with Crippen LogP contribution < -0.4 is 5.73 Å². The van der Waals surface area contributed by atoms with Gasteiger partial charge in [-0.1, -0.05) is 24.3 Å². The highest BCUT2D eigenvalue weighted by molar-refractivity contribution is 5.86. The van der Waals surface area contributed by atoms with E-state index in [2.05, 4.69) is 17.0 Å². The Hall–Kier alpha value is -1.39. The van der Waals surface area contributed by atoms with Crippen molar-refractivity contribution >= 4 is 5.91 Å². The number of amides is 1. The van der Waals surface area contributed by atoms with Gasteiger partial charge in [0.05, 0.1) is 5.54 Å². The number of rotatable bonds is 3. The number of piperazine rings is 1. The monoisotopic (exact) mass is 261 g/mol. The molecule has 1 aromatic carbocycles. The van der Waals surface area contributed by atoms with Crippen molar-refractivity contribution in [2.75, 3.05) is 20.1 Å². The number of nitrogens with zero attached hydrogens (tertiary/aromatic N) is 2. The maximum absolute atomic E-state index is 12.2. The van der Waals surface area contributed by atoms with Crippen molar-refractivity contribution in [2.24, 2.45) is 5.73 Å². The summed E-state index contributed by atoms with van der Waals surface area (Å²) >= 11 is 0. The Morgan fingerprint density at radius 3 is 2.63 bits per heavy atom. The molecule has 0 aromatic heterocycles. The van der Waals surface area contributed by atoms with Gasteiger partial charge in [-0.2, -0.15) is 0 Å². The zero-order valence-electron chi connectivity index (χ0n) is 12.0. The zero-order chi connectivity index (χ0) is 14.0. The predicted octanol–water partition coefficient (Wildman–Crippen LogP) is 1.20. The van der Waals surface area contributed by atoms with Crippen LogP contribution in [0.25, 0.3) is 0 Å². The van der Waals surface area contributed by atoms with Crippen molar-refractivity contribution in [3.63, 3.8) is 0 Å². The van der Waals surface area contributed by atoms with Gasteiger partial charge in [-0.15, -0.1) is 0 Å². The van der Waals surface area contributed by atoms with E-state index in [1.54, 1.807) is 0 Å². The number of hydrogen-bond acceptors (Lipinski definition) is 3. The highest BCUT2D eigenvalue weighted by Crippen LogP contribution is 2.24. The van der Waals surface area contributed by atoms with Crippen LogP contribution in [0.5, 0.6) is 0 Å². The van der Waals surface area contributed by atoms with Crippen LogP contribution >= 0.6 is 0 Å². The molecule has 1 saturated heterocycles. The lowest BCUT2D eigenvalue weighted by Crippen LogP contribution is -2.61. The first-order valence-corrected chi connectivity index (χ1v) is 6.73. The van der Waals surface area contributed by atoms with E-state index in [1.165, 1.54) is 5.56 Å². The van der Waals surface area contributed by atoms with Gasteiger partial charge < -0.3 is 10.6 Å². The molecule has 19 heavy (non-hydrogen) atoms. The van der Waals surface area contributed by atoms with Gasteiger partial charge >= 0.3 is 0 Å².